The molecule has 2 heterocycles. The van der Waals surface area contributed by atoms with Gasteiger partial charge in [0.1, 0.15) is 5.82 Å². The maximum absolute atomic E-state index is 13.1. The van der Waals surface area contributed by atoms with Crippen LogP contribution >= 0.6 is 0 Å². The van der Waals surface area contributed by atoms with Crippen LogP contribution in [0.25, 0.3) is 0 Å². The number of likely N-dealkylation sites (tertiary alicyclic amines) is 1. The lowest BCUT2D eigenvalue weighted by Crippen LogP contribution is -2.44. The Hall–Kier alpha value is -2.24. The lowest BCUT2D eigenvalue weighted by molar-refractivity contribution is -0.122. The number of amides is 1. The predicted molar refractivity (Wildman–Crippen MR) is 120 cm³/mol. The zero-order valence-electron chi connectivity index (χ0n) is 18.4. The van der Waals surface area contributed by atoms with Crippen LogP contribution in [0.1, 0.15) is 48.8 Å². The summed E-state index contributed by atoms with van der Waals surface area (Å²) in [5.74, 6) is -0.0896. The van der Waals surface area contributed by atoms with Gasteiger partial charge in [0.2, 0.25) is 5.91 Å². The van der Waals surface area contributed by atoms with Gasteiger partial charge < -0.3 is 10.1 Å². The Labute approximate surface area is 184 Å². The van der Waals surface area contributed by atoms with Gasteiger partial charge in [-0.05, 0) is 62.3 Å². The van der Waals surface area contributed by atoms with Gasteiger partial charge in [0.25, 0.3) is 0 Å². The van der Waals surface area contributed by atoms with E-state index in [0.29, 0.717) is 13.0 Å². The summed E-state index contributed by atoms with van der Waals surface area (Å²) >= 11 is 0. The van der Waals surface area contributed by atoms with Gasteiger partial charge in [-0.3, -0.25) is 9.69 Å². The van der Waals surface area contributed by atoms with Crippen LogP contribution in [0, 0.1) is 12.7 Å². The standard InChI is InChI=1S/C26H33FN2O2/c1-20-2-4-21(5-3-20)8-11-25(30)28-18-24-12-13-26(31-24)14-16-29(17-15-26)19-22-6-9-23(27)10-7-22/h2-7,9-10,24H,8,11-19H2,1H3,(H,28,30). The van der Waals surface area contributed by atoms with Gasteiger partial charge in [0.05, 0.1) is 11.7 Å². The summed E-state index contributed by atoms with van der Waals surface area (Å²) in [5, 5.41) is 3.07. The van der Waals surface area contributed by atoms with E-state index in [1.807, 2.05) is 12.1 Å². The minimum Gasteiger partial charge on any atom is -0.370 e. The Morgan fingerprint density at radius 2 is 1.74 bits per heavy atom. The molecule has 4 rings (SSSR count). The number of ether oxygens (including phenoxy) is 1. The van der Waals surface area contributed by atoms with Crippen LogP contribution in [0.2, 0.25) is 0 Å². The van der Waals surface area contributed by atoms with Crippen LogP contribution in [0.4, 0.5) is 4.39 Å². The summed E-state index contributed by atoms with van der Waals surface area (Å²) in [6, 6.07) is 15.1. The number of piperidine rings is 1. The summed E-state index contributed by atoms with van der Waals surface area (Å²) in [6.45, 7) is 5.52. The van der Waals surface area contributed by atoms with Crippen LogP contribution < -0.4 is 5.32 Å². The van der Waals surface area contributed by atoms with Crippen LogP contribution in [0.5, 0.6) is 0 Å². The van der Waals surface area contributed by atoms with Gasteiger partial charge in [0, 0.05) is 32.6 Å². The number of hydrogen-bond acceptors (Lipinski definition) is 3. The molecule has 1 unspecified atom stereocenters. The first-order valence-electron chi connectivity index (χ1n) is 11.5. The zero-order valence-corrected chi connectivity index (χ0v) is 18.4. The molecular formula is C26H33FN2O2. The van der Waals surface area contributed by atoms with Crippen molar-refractivity contribution < 1.29 is 13.9 Å². The SMILES string of the molecule is Cc1ccc(CCC(=O)NCC2CCC3(CCN(Cc4ccc(F)cc4)CC3)O2)cc1. The normalized spacial score (nSPS) is 20.8. The molecule has 0 bridgehead atoms. The first kappa shape index (κ1) is 22.0. The lowest BCUT2D eigenvalue weighted by atomic mass is 9.88. The summed E-state index contributed by atoms with van der Waals surface area (Å²) in [4.78, 5) is 14.7. The number of hydrogen-bond donors (Lipinski definition) is 1. The fraction of sp³-hybridized carbons (Fsp3) is 0.500. The van der Waals surface area contributed by atoms with Crippen molar-refractivity contribution in [2.24, 2.45) is 0 Å². The smallest absolute Gasteiger partial charge is 0.220 e. The number of halogens is 1. The van der Waals surface area contributed by atoms with Crippen molar-refractivity contribution in [3.05, 3.63) is 71.0 Å². The molecular weight excluding hydrogens is 391 g/mol. The number of benzene rings is 2. The van der Waals surface area contributed by atoms with Gasteiger partial charge in [0.15, 0.2) is 0 Å². The van der Waals surface area contributed by atoms with E-state index in [4.69, 9.17) is 4.74 Å². The molecule has 166 valence electrons. The van der Waals surface area contributed by atoms with E-state index < -0.39 is 0 Å². The summed E-state index contributed by atoms with van der Waals surface area (Å²) in [6.07, 6.45) is 5.52. The number of nitrogens with zero attached hydrogens (tertiary/aromatic N) is 1. The van der Waals surface area contributed by atoms with E-state index in [-0.39, 0.29) is 23.4 Å². The number of carbonyl (C=O) groups excluding carboxylic acids is 1. The monoisotopic (exact) mass is 424 g/mol. The third kappa shape index (κ3) is 6.14. The second-order valence-electron chi connectivity index (χ2n) is 9.15. The first-order chi connectivity index (χ1) is 15.0. The van der Waals surface area contributed by atoms with Crippen molar-refractivity contribution in [2.45, 2.75) is 63.7 Å². The van der Waals surface area contributed by atoms with Gasteiger partial charge in [-0.1, -0.05) is 42.0 Å². The fourth-order valence-electron chi connectivity index (χ4n) is 4.70. The second-order valence-corrected chi connectivity index (χ2v) is 9.15. The molecule has 0 saturated carbocycles. The van der Waals surface area contributed by atoms with Crippen LogP contribution in [-0.4, -0.2) is 42.1 Å². The van der Waals surface area contributed by atoms with Gasteiger partial charge in [-0.25, -0.2) is 4.39 Å². The highest BCUT2D eigenvalue weighted by Crippen LogP contribution is 2.39. The average Bonchev–Trinajstić information content (AvgIpc) is 3.18. The number of aryl methyl sites for hydroxylation is 2. The molecule has 4 nitrogen and oxygen atoms in total. The Morgan fingerprint density at radius 1 is 1.06 bits per heavy atom. The number of rotatable bonds is 7. The highest BCUT2D eigenvalue weighted by atomic mass is 19.1. The molecule has 2 saturated heterocycles. The van der Waals surface area contributed by atoms with Crippen LogP contribution in [0.3, 0.4) is 0 Å². The molecule has 2 aliphatic heterocycles. The Balaban J connectivity index is 1.16. The number of carbonyl (C=O) groups is 1. The molecule has 1 atom stereocenters. The van der Waals surface area contributed by atoms with E-state index >= 15 is 0 Å². The molecule has 31 heavy (non-hydrogen) atoms. The molecule has 0 aliphatic carbocycles. The minimum atomic E-state index is -0.186. The van der Waals surface area contributed by atoms with Crippen LogP contribution in [0.15, 0.2) is 48.5 Å². The number of nitrogens with one attached hydrogen (secondary N) is 1. The highest BCUT2D eigenvalue weighted by molar-refractivity contribution is 5.76. The Kier molecular flexibility index (Phi) is 7.03. The van der Waals surface area contributed by atoms with Gasteiger partial charge >= 0.3 is 0 Å². The quantitative estimate of drug-likeness (QED) is 0.717. The van der Waals surface area contributed by atoms with Gasteiger partial charge in [-0.2, -0.15) is 0 Å². The van der Waals surface area contributed by atoms with Crippen molar-refractivity contribution in [2.75, 3.05) is 19.6 Å². The molecule has 1 amide bonds. The molecule has 2 fully saturated rings. The predicted octanol–water partition coefficient (Wildman–Crippen LogP) is 4.40. The average molecular weight is 425 g/mol. The molecule has 0 radical (unpaired) electrons. The molecule has 0 aromatic heterocycles. The topological polar surface area (TPSA) is 41.6 Å². The summed E-state index contributed by atoms with van der Waals surface area (Å²) in [7, 11) is 0. The van der Waals surface area contributed by atoms with Crippen molar-refractivity contribution in [1.29, 1.82) is 0 Å². The zero-order chi connectivity index (χ0) is 21.7. The van der Waals surface area contributed by atoms with Crippen molar-refractivity contribution >= 4 is 5.91 Å². The third-order valence-corrected chi connectivity index (χ3v) is 6.71. The molecule has 2 aliphatic rings. The maximum Gasteiger partial charge on any atom is 0.220 e. The fourth-order valence-corrected chi connectivity index (χ4v) is 4.70. The molecule has 1 N–H and O–H groups in total. The van der Waals surface area contributed by atoms with E-state index in [1.165, 1.54) is 23.3 Å². The van der Waals surface area contributed by atoms with Gasteiger partial charge in [-0.15, -0.1) is 0 Å². The third-order valence-electron chi connectivity index (χ3n) is 6.71. The van der Waals surface area contributed by atoms with Crippen molar-refractivity contribution in [1.82, 2.24) is 10.2 Å². The molecule has 1 spiro atoms. The van der Waals surface area contributed by atoms with Crippen molar-refractivity contribution in [3.8, 4) is 0 Å². The molecule has 2 aromatic carbocycles. The lowest BCUT2D eigenvalue weighted by Gasteiger charge is -2.39. The van der Waals surface area contributed by atoms with E-state index in [2.05, 4.69) is 41.4 Å². The minimum absolute atomic E-state index is 0.0312. The van der Waals surface area contributed by atoms with E-state index in [9.17, 15) is 9.18 Å². The van der Waals surface area contributed by atoms with E-state index in [0.717, 1.165) is 57.3 Å². The summed E-state index contributed by atoms with van der Waals surface area (Å²) < 4.78 is 19.5. The highest BCUT2D eigenvalue weighted by Gasteiger charge is 2.42. The van der Waals surface area contributed by atoms with Crippen molar-refractivity contribution in [3.63, 3.8) is 0 Å². The first-order valence-corrected chi connectivity index (χ1v) is 11.5. The largest absolute Gasteiger partial charge is 0.370 e. The summed E-state index contributed by atoms with van der Waals surface area (Å²) in [5.41, 5.74) is 3.55. The second kappa shape index (κ2) is 9.92. The Bertz CT molecular complexity index is 858. The van der Waals surface area contributed by atoms with E-state index in [1.54, 1.807) is 0 Å². The molecule has 2 aromatic rings. The molecule has 5 heteroatoms. The Morgan fingerprint density at radius 3 is 2.45 bits per heavy atom. The maximum atomic E-state index is 13.1. The van der Waals surface area contributed by atoms with Crippen LogP contribution in [-0.2, 0) is 22.5 Å².